The summed E-state index contributed by atoms with van der Waals surface area (Å²) in [5.41, 5.74) is 1.15. The Morgan fingerprint density at radius 2 is 1.89 bits per heavy atom. The Kier molecular flexibility index (Phi) is 6.37. The molecule has 0 aliphatic heterocycles. The van der Waals surface area contributed by atoms with Crippen molar-refractivity contribution in [3.8, 4) is 0 Å². The Morgan fingerprint density at radius 3 is 2.44 bits per heavy atom. The lowest BCUT2D eigenvalue weighted by Gasteiger charge is -2.32. The van der Waals surface area contributed by atoms with Crippen molar-refractivity contribution >= 4 is 0 Å². The Morgan fingerprint density at radius 1 is 1.22 bits per heavy atom. The second kappa shape index (κ2) is 7.55. The SMILES string of the molecule is CCCNCC(C)(CC)OC(C)c1ccccc1. The van der Waals surface area contributed by atoms with Crippen molar-refractivity contribution < 1.29 is 4.74 Å². The van der Waals surface area contributed by atoms with Crippen molar-refractivity contribution in [3.05, 3.63) is 35.9 Å². The van der Waals surface area contributed by atoms with Crippen molar-refractivity contribution in [2.75, 3.05) is 13.1 Å². The fourth-order valence-electron chi connectivity index (χ4n) is 2.00. The number of ether oxygens (including phenoxy) is 1. The minimum absolute atomic E-state index is 0.0928. The summed E-state index contributed by atoms with van der Waals surface area (Å²) >= 11 is 0. The number of nitrogens with one attached hydrogen (secondary N) is 1. The van der Waals surface area contributed by atoms with Gasteiger partial charge in [0.25, 0.3) is 0 Å². The van der Waals surface area contributed by atoms with E-state index in [1.54, 1.807) is 0 Å². The molecule has 2 unspecified atom stereocenters. The Labute approximate surface area is 112 Å². The van der Waals surface area contributed by atoms with Gasteiger partial charge in [0.15, 0.2) is 0 Å². The van der Waals surface area contributed by atoms with Gasteiger partial charge in [-0.15, -0.1) is 0 Å². The van der Waals surface area contributed by atoms with Gasteiger partial charge in [0, 0.05) is 6.54 Å². The first kappa shape index (κ1) is 15.2. The van der Waals surface area contributed by atoms with Gasteiger partial charge in [-0.3, -0.25) is 0 Å². The zero-order valence-electron chi connectivity index (χ0n) is 12.2. The molecule has 0 fully saturated rings. The third-order valence-corrected chi connectivity index (χ3v) is 3.40. The number of benzene rings is 1. The van der Waals surface area contributed by atoms with Crippen LogP contribution in [0.25, 0.3) is 0 Å². The van der Waals surface area contributed by atoms with E-state index in [9.17, 15) is 0 Å². The van der Waals surface area contributed by atoms with Crippen LogP contribution in [0.3, 0.4) is 0 Å². The van der Waals surface area contributed by atoms with Crippen LogP contribution >= 0.6 is 0 Å². The fraction of sp³-hybridized carbons (Fsp3) is 0.625. The summed E-state index contributed by atoms with van der Waals surface area (Å²) in [5.74, 6) is 0. The van der Waals surface area contributed by atoms with Gasteiger partial charge in [-0.05, 0) is 38.8 Å². The molecule has 0 saturated heterocycles. The molecule has 0 aliphatic carbocycles. The van der Waals surface area contributed by atoms with Gasteiger partial charge in [-0.25, -0.2) is 0 Å². The smallest absolute Gasteiger partial charge is 0.0804 e. The lowest BCUT2D eigenvalue weighted by Crippen LogP contribution is -2.40. The first-order chi connectivity index (χ1) is 8.61. The largest absolute Gasteiger partial charge is 0.366 e. The molecule has 18 heavy (non-hydrogen) atoms. The molecule has 1 N–H and O–H groups in total. The molecule has 2 heteroatoms. The van der Waals surface area contributed by atoms with Crippen molar-refractivity contribution in [3.63, 3.8) is 0 Å². The lowest BCUT2D eigenvalue weighted by atomic mass is 10.0. The van der Waals surface area contributed by atoms with Crippen molar-refractivity contribution in [2.45, 2.75) is 52.2 Å². The predicted molar refractivity (Wildman–Crippen MR) is 77.8 cm³/mol. The minimum Gasteiger partial charge on any atom is -0.366 e. The Hall–Kier alpha value is -0.860. The van der Waals surface area contributed by atoms with Crippen LogP contribution in [0.5, 0.6) is 0 Å². The molecule has 0 bridgehead atoms. The third kappa shape index (κ3) is 4.79. The maximum atomic E-state index is 6.26. The van der Waals surface area contributed by atoms with Gasteiger partial charge >= 0.3 is 0 Å². The molecule has 0 radical (unpaired) electrons. The van der Waals surface area contributed by atoms with Crippen molar-refractivity contribution in [1.29, 1.82) is 0 Å². The summed E-state index contributed by atoms with van der Waals surface area (Å²) in [4.78, 5) is 0. The van der Waals surface area contributed by atoms with Crippen LogP contribution in [0.15, 0.2) is 30.3 Å². The fourth-order valence-corrected chi connectivity index (χ4v) is 2.00. The van der Waals surface area contributed by atoms with Crippen molar-refractivity contribution in [2.24, 2.45) is 0 Å². The number of rotatable bonds is 8. The average Bonchev–Trinajstić information content (AvgIpc) is 2.40. The van der Waals surface area contributed by atoms with E-state index in [1.807, 2.05) is 6.07 Å². The first-order valence-corrected chi connectivity index (χ1v) is 7.04. The highest BCUT2D eigenvalue weighted by molar-refractivity contribution is 5.17. The Balaban J connectivity index is 2.56. The number of hydrogen-bond donors (Lipinski definition) is 1. The summed E-state index contributed by atoms with van der Waals surface area (Å²) in [6.45, 7) is 10.7. The summed E-state index contributed by atoms with van der Waals surface area (Å²) < 4.78 is 6.26. The summed E-state index contributed by atoms with van der Waals surface area (Å²) in [7, 11) is 0. The van der Waals surface area contributed by atoms with Gasteiger partial charge < -0.3 is 10.1 Å². The van der Waals surface area contributed by atoms with E-state index in [1.165, 1.54) is 5.56 Å². The first-order valence-electron chi connectivity index (χ1n) is 7.04. The maximum Gasteiger partial charge on any atom is 0.0804 e. The molecular weight excluding hydrogens is 222 g/mol. The van der Waals surface area contributed by atoms with E-state index in [-0.39, 0.29) is 11.7 Å². The molecule has 1 aromatic carbocycles. The zero-order valence-corrected chi connectivity index (χ0v) is 12.2. The van der Waals surface area contributed by atoms with Gasteiger partial charge in [-0.2, -0.15) is 0 Å². The molecule has 0 saturated carbocycles. The monoisotopic (exact) mass is 249 g/mol. The molecule has 0 aliphatic rings. The van der Waals surface area contributed by atoms with E-state index in [0.29, 0.717) is 0 Å². The quantitative estimate of drug-likeness (QED) is 0.705. The van der Waals surface area contributed by atoms with Gasteiger partial charge in [0.05, 0.1) is 11.7 Å². The normalized spacial score (nSPS) is 16.2. The van der Waals surface area contributed by atoms with E-state index in [2.05, 4.69) is 57.3 Å². The minimum atomic E-state index is -0.0928. The molecule has 2 nitrogen and oxygen atoms in total. The van der Waals surface area contributed by atoms with Crippen molar-refractivity contribution in [1.82, 2.24) is 5.32 Å². The van der Waals surface area contributed by atoms with Crippen LogP contribution in [-0.4, -0.2) is 18.7 Å². The highest BCUT2D eigenvalue weighted by Gasteiger charge is 2.25. The molecular formula is C16H27NO. The van der Waals surface area contributed by atoms with E-state index in [4.69, 9.17) is 4.74 Å². The second-order valence-electron chi connectivity index (χ2n) is 5.15. The average molecular weight is 249 g/mol. The lowest BCUT2D eigenvalue weighted by molar-refractivity contribution is -0.0779. The molecule has 0 aromatic heterocycles. The molecule has 0 heterocycles. The highest BCUT2D eigenvalue weighted by Crippen LogP contribution is 2.25. The van der Waals surface area contributed by atoms with Crippen LogP contribution < -0.4 is 5.32 Å². The van der Waals surface area contributed by atoms with Gasteiger partial charge in [0.1, 0.15) is 0 Å². The molecule has 1 rings (SSSR count). The zero-order chi connectivity index (χ0) is 13.4. The van der Waals surface area contributed by atoms with Crippen LogP contribution in [-0.2, 0) is 4.74 Å². The standard InChI is InChI=1S/C16H27NO/c1-5-12-17-13-16(4,6-2)18-14(3)15-10-8-7-9-11-15/h7-11,14,17H,5-6,12-13H2,1-4H3. The van der Waals surface area contributed by atoms with E-state index >= 15 is 0 Å². The van der Waals surface area contributed by atoms with Crippen LogP contribution in [0.1, 0.15) is 52.2 Å². The summed E-state index contributed by atoms with van der Waals surface area (Å²) in [5, 5.41) is 3.46. The highest BCUT2D eigenvalue weighted by atomic mass is 16.5. The van der Waals surface area contributed by atoms with Gasteiger partial charge in [-0.1, -0.05) is 44.2 Å². The second-order valence-corrected chi connectivity index (χ2v) is 5.15. The predicted octanol–water partition coefficient (Wildman–Crippen LogP) is 3.93. The Bertz CT molecular complexity index is 325. The molecule has 0 spiro atoms. The third-order valence-electron chi connectivity index (χ3n) is 3.40. The molecule has 1 aromatic rings. The van der Waals surface area contributed by atoms with Gasteiger partial charge in [0.2, 0.25) is 0 Å². The topological polar surface area (TPSA) is 21.3 Å². The maximum absolute atomic E-state index is 6.26. The van der Waals surface area contributed by atoms with E-state index < -0.39 is 0 Å². The van der Waals surface area contributed by atoms with E-state index in [0.717, 1.165) is 25.9 Å². The molecule has 102 valence electrons. The van der Waals surface area contributed by atoms with Crippen LogP contribution in [0.4, 0.5) is 0 Å². The van der Waals surface area contributed by atoms with Crippen LogP contribution in [0, 0.1) is 0 Å². The molecule has 2 atom stereocenters. The summed E-state index contributed by atoms with van der Waals surface area (Å²) in [6, 6.07) is 10.4. The summed E-state index contributed by atoms with van der Waals surface area (Å²) in [6.07, 6.45) is 2.31. The van der Waals surface area contributed by atoms with Crippen LogP contribution in [0.2, 0.25) is 0 Å². The molecule has 0 amide bonds. The number of hydrogen-bond acceptors (Lipinski definition) is 2.